The standard InChI is InChI=1S/C21H22N4O3S/c1-27-18-7-5-15(12-19(18)28-2)9-11-23-20(26)14-29-21-8-6-17(24-25-21)16-4-3-10-22-13-16/h3-8,10,12-13H,9,11,14H2,1-2H3,(H,23,26). The lowest BCUT2D eigenvalue weighted by atomic mass is 10.1. The van der Waals surface area contributed by atoms with E-state index < -0.39 is 0 Å². The number of methoxy groups -OCH3 is 2. The van der Waals surface area contributed by atoms with E-state index in [0.717, 1.165) is 16.8 Å². The third-order valence-electron chi connectivity index (χ3n) is 4.13. The predicted octanol–water partition coefficient (Wildman–Crippen LogP) is 3.01. The maximum absolute atomic E-state index is 12.1. The molecule has 29 heavy (non-hydrogen) atoms. The molecule has 0 saturated heterocycles. The van der Waals surface area contributed by atoms with Crippen LogP contribution < -0.4 is 14.8 Å². The Hall–Kier alpha value is -3.13. The van der Waals surface area contributed by atoms with Crippen LogP contribution in [0.3, 0.4) is 0 Å². The lowest BCUT2D eigenvalue weighted by molar-refractivity contribution is -0.118. The van der Waals surface area contributed by atoms with Crippen LogP contribution in [0, 0.1) is 0 Å². The van der Waals surface area contributed by atoms with Crippen molar-refractivity contribution in [1.82, 2.24) is 20.5 Å². The fourth-order valence-corrected chi connectivity index (χ4v) is 3.28. The summed E-state index contributed by atoms with van der Waals surface area (Å²) in [6.45, 7) is 0.542. The minimum atomic E-state index is -0.0476. The molecule has 0 fully saturated rings. The van der Waals surface area contributed by atoms with Crippen molar-refractivity contribution in [2.45, 2.75) is 11.4 Å². The summed E-state index contributed by atoms with van der Waals surface area (Å²) in [6, 6.07) is 13.3. The van der Waals surface area contributed by atoms with E-state index in [0.29, 0.717) is 29.5 Å². The average Bonchev–Trinajstić information content (AvgIpc) is 2.78. The van der Waals surface area contributed by atoms with E-state index in [4.69, 9.17) is 9.47 Å². The Balaban J connectivity index is 1.43. The Bertz CT molecular complexity index is 936. The van der Waals surface area contributed by atoms with Crippen molar-refractivity contribution in [3.05, 3.63) is 60.4 Å². The first-order valence-electron chi connectivity index (χ1n) is 9.04. The molecule has 1 aromatic carbocycles. The minimum Gasteiger partial charge on any atom is -0.493 e. The van der Waals surface area contributed by atoms with Gasteiger partial charge in [-0.05, 0) is 48.4 Å². The molecule has 0 aliphatic carbocycles. The molecule has 1 N–H and O–H groups in total. The third-order valence-corrected chi connectivity index (χ3v) is 5.05. The Morgan fingerprint density at radius 1 is 1.07 bits per heavy atom. The van der Waals surface area contributed by atoms with Crippen LogP contribution in [-0.2, 0) is 11.2 Å². The number of hydrogen-bond acceptors (Lipinski definition) is 7. The van der Waals surface area contributed by atoms with E-state index in [1.165, 1.54) is 11.8 Å². The zero-order valence-electron chi connectivity index (χ0n) is 16.3. The SMILES string of the molecule is COc1ccc(CCNC(=O)CSc2ccc(-c3cccnc3)nn2)cc1OC. The van der Waals surface area contributed by atoms with E-state index in [2.05, 4.69) is 20.5 Å². The molecule has 0 atom stereocenters. The second-order valence-corrected chi connectivity index (χ2v) is 7.07. The zero-order valence-corrected chi connectivity index (χ0v) is 17.1. The van der Waals surface area contributed by atoms with Crippen LogP contribution in [0.15, 0.2) is 59.9 Å². The summed E-state index contributed by atoms with van der Waals surface area (Å²) in [5.41, 5.74) is 2.72. The van der Waals surface area contributed by atoms with Gasteiger partial charge < -0.3 is 14.8 Å². The number of hydrogen-bond donors (Lipinski definition) is 1. The molecule has 3 rings (SSSR count). The third kappa shape index (κ3) is 5.92. The van der Waals surface area contributed by atoms with Crippen LogP contribution >= 0.6 is 11.8 Å². The van der Waals surface area contributed by atoms with Crippen LogP contribution in [-0.4, -0.2) is 47.6 Å². The summed E-state index contributed by atoms with van der Waals surface area (Å²) in [5.74, 6) is 1.61. The van der Waals surface area contributed by atoms with Gasteiger partial charge in [0.2, 0.25) is 5.91 Å². The van der Waals surface area contributed by atoms with Gasteiger partial charge in [0.05, 0.1) is 25.7 Å². The van der Waals surface area contributed by atoms with Crippen molar-refractivity contribution < 1.29 is 14.3 Å². The van der Waals surface area contributed by atoms with Crippen molar-refractivity contribution in [1.29, 1.82) is 0 Å². The minimum absolute atomic E-state index is 0.0476. The molecule has 0 spiro atoms. The first kappa shape index (κ1) is 20.6. The number of aromatic nitrogens is 3. The van der Waals surface area contributed by atoms with Crippen LogP contribution in [0.4, 0.5) is 0 Å². The van der Waals surface area contributed by atoms with Gasteiger partial charge in [0, 0.05) is 24.5 Å². The quantitative estimate of drug-likeness (QED) is 0.543. The first-order valence-corrected chi connectivity index (χ1v) is 10.0. The van der Waals surface area contributed by atoms with Crippen LogP contribution in [0.1, 0.15) is 5.56 Å². The number of benzene rings is 1. The van der Waals surface area contributed by atoms with Crippen molar-refractivity contribution in [2.75, 3.05) is 26.5 Å². The molecule has 2 heterocycles. The number of carbonyl (C=O) groups is 1. The number of ether oxygens (including phenoxy) is 2. The smallest absolute Gasteiger partial charge is 0.230 e. The molecular formula is C21H22N4O3S. The summed E-state index contributed by atoms with van der Waals surface area (Å²) in [7, 11) is 3.21. The largest absolute Gasteiger partial charge is 0.493 e. The Labute approximate surface area is 173 Å². The van der Waals surface area contributed by atoms with Gasteiger partial charge in [0.25, 0.3) is 0 Å². The lowest BCUT2D eigenvalue weighted by Crippen LogP contribution is -2.27. The molecule has 1 amide bonds. The van der Waals surface area contributed by atoms with Crippen LogP contribution in [0.25, 0.3) is 11.3 Å². The molecule has 0 aliphatic heterocycles. The molecule has 0 unspecified atom stereocenters. The summed E-state index contributed by atoms with van der Waals surface area (Å²) in [5, 5.41) is 12.0. The fourth-order valence-electron chi connectivity index (χ4n) is 2.64. The first-order chi connectivity index (χ1) is 14.2. The fraction of sp³-hybridized carbons (Fsp3) is 0.238. The van der Waals surface area contributed by atoms with Gasteiger partial charge in [-0.25, -0.2) is 0 Å². The van der Waals surface area contributed by atoms with Gasteiger partial charge in [-0.15, -0.1) is 10.2 Å². The van der Waals surface area contributed by atoms with E-state index in [1.54, 1.807) is 26.6 Å². The van der Waals surface area contributed by atoms with Crippen molar-refractivity contribution in [2.24, 2.45) is 0 Å². The van der Waals surface area contributed by atoms with Crippen molar-refractivity contribution in [3.63, 3.8) is 0 Å². The van der Waals surface area contributed by atoms with Gasteiger partial charge in [-0.2, -0.15) is 0 Å². The average molecular weight is 410 g/mol. The number of amides is 1. The molecule has 0 radical (unpaired) electrons. The van der Waals surface area contributed by atoms with Crippen molar-refractivity contribution in [3.8, 4) is 22.8 Å². The summed E-state index contributed by atoms with van der Waals surface area (Å²) in [6.07, 6.45) is 4.16. The van der Waals surface area contributed by atoms with Crippen LogP contribution in [0.5, 0.6) is 11.5 Å². The summed E-state index contributed by atoms with van der Waals surface area (Å²) in [4.78, 5) is 16.2. The molecule has 0 bridgehead atoms. The molecule has 8 heteroatoms. The number of pyridine rings is 1. The number of thioether (sulfide) groups is 1. The van der Waals surface area contributed by atoms with Crippen molar-refractivity contribution >= 4 is 17.7 Å². The highest BCUT2D eigenvalue weighted by atomic mass is 32.2. The topological polar surface area (TPSA) is 86.2 Å². The molecular weight excluding hydrogens is 388 g/mol. The van der Waals surface area contributed by atoms with E-state index in [1.807, 2.05) is 42.5 Å². The maximum Gasteiger partial charge on any atom is 0.230 e. The number of rotatable bonds is 9. The molecule has 3 aromatic rings. The maximum atomic E-state index is 12.1. The summed E-state index contributed by atoms with van der Waals surface area (Å²) < 4.78 is 10.5. The van der Waals surface area contributed by atoms with E-state index in [-0.39, 0.29) is 11.7 Å². The Kier molecular flexibility index (Phi) is 7.40. The zero-order chi connectivity index (χ0) is 20.5. The number of nitrogens with zero attached hydrogens (tertiary/aromatic N) is 3. The molecule has 0 aliphatic rings. The lowest BCUT2D eigenvalue weighted by Gasteiger charge is -2.10. The van der Waals surface area contributed by atoms with E-state index in [9.17, 15) is 4.79 Å². The van der Waals surface area contributed by atoms with Gasteiger partial charge >= 0.3 is 0 Å². The second-order valence-electron chi connectivity index (χ2n) is 6.08. The molecule has 7 nitrogen and oxygen atoms in total. The molecule has 0 saturated carbocycles. The molecule has 2 aromatic heterocycles. The van der Waals surface area contributed by atoms with E-state index >= 15 is 0 Å². The van der Waals surface area contributed by atoms with Gasteiger partial charge in [-0.3, -0.25) is 9.78 Å². The monoisotopic (exact) mass is 410 g/mol. The predicted molar refractivity (Wildman–Crippen MR) is 112 cm³/mol. The second kappa shape index (κ2) is 10.4. The molecule has 150 valence electrons. The van der Waals surface area contributed by atoms with Gasteiger partial charge in [0.15, 0.2) is 11.5 Å². The Morgan fingerprint density at radius 3 is 2.62 bits per heavy atom. The Morgan fingerprint density at radius 2 is 1.93 bits per heavy atom. The van der Waals surface area contributed by atoms with Gasteiger partial charge in [-0.1, -0.05) is 17.8 Å². The highest BCUT2D eigenvalue weighted by Gasteiger charge is 2.07. The highest BCUT2D eigenvalue weighted by Crippen LogP contribution is 2.27. The highest BCUT2D eigenvalue weighted by molar-refractivity contribution is 7.99. The number of nitrogens with one attached hydrogen (secondary N) is 1. The summed E-state index contributed by atoms with van der Waals surface area (Å²) >= 11 is 1.35. The van der Waals surface area contributed by atoms with Gasteiger partial charge in [0.1, 0.15) is 5.03 Å². The number of carbonyl (C=O) groups excluding carboxylic acids is 1. The van der Waals surface area contributed by atoms with Crippen LogP contribution in [0.2, 0.25) is 0 Å². The normalized spacial score (nSPS) is 10.4.